The van der Waals surface area contributed by atoms with E-state index in [1.807, 2.05) is 32.0 Å². The summed E-state index contributed by atoms with van der Waals surface area (Å²) in [6.07, 6.45) is 3.73. The minimum Gasteiger partial charge on any atom is -0.492 e. The Labute approximate surface area is 174 Å². The van der Waals surface area contributed by atoms with Crippen LogP contribution in [0.25, 0.3) is 11.0 Å². The van der Waals surface area contributed by atoms with E-state index in [0.29, 0.717) is 35.1 Å². The van der Waals surface area contributed by atoms with Gasteiger partial charge in [-0.25, -0.2) is 9.97 Å². The van der Waals surface area contributed by atoms with Crippen LogP contribution in [0.15, 0.2) is 46.5 Å². The average Bonchev–Trinajstić information content (AvgIpc) is 3.23. The van der Waals surface area contributed by atoms with Crippen molar-refractivity contribution in [3.8, 4) is 5.75 Å². The quantitative estimate of drug-likeness (QED) is 0.335. The Hall–Kier alpha value is -2.38. The zero-order valence-corrected chi connectivity index (χ0v) is 17.6. The van der Waals surface area contributed by atoms with Gasteiger partial charge in [-0.3, -0.25) is 9.36 Å². The summed E-state index contributed by atoms with van der Waals surface area (Å²) in [5, 5.41) is 1.21. The number of thioether (sulfide) groups is 1. The molecule has 4 rings (SSSR count). The van der Waals surface area contributed by atoms with Gasteiger partial charge in [-0.15, -0.1) is 0 Å². The Morgan fingerprint density at radius 2 is 2.07 bits per heavy atom. The molecule has 1 aliphatic rings. The third kappa shape index (κ3) is 4.46. The second-order valence-electron chi connectivity index (χ2n) is 7.24. The lowest BCUT2D eigenvalue weighted by Crippen LogP contribution is -2.29. The SMILES string of the molecule is Cc1cccc(C)c1OCCSc1nc2ncccc2c(=O)n1CC1CCCO1. The van der Waals surface area contributed by atoms with Gasteiger partial charge in [-0.1, -0.05) is 30.0 Å². The van der Waals surface area contributed by atoms with Crippen LogP contribution in [0, 0.1) is 13.8 Å². The summed E-state index contributed by atoms with van der Waals surface area (Å²) < 4.78 is 13.5. The summed E-state index contributed by atoms with van der Waals surface area (Å²) in [4.78, 5) is 22.0. The average molecular weight is 412 g/mol. The molecule has 3 heterocycles. The molecule has 1 fully saturated rings. The highest BCUT2D eigenvalue weighted by atomic mass is 32.2. The molecule has 0 bridgehead atoms. The largest absolute Gasteiger partial charge is 0.492 e. The van der Waals surface area contributed by atoms with Gasteiger partial charge in [0.2, 0.25) is 0 Å². The summed E-state index contributed by atoms with van der Waals surface area (Å²) in [7, 11) is 0. The van der Waals surface area contributed by atoms with Crippen LogP contribution >= 0.6 is 11.8 Å². The minimum absolute atomic E-state index is 0.0585. The molecule has 3 aromatic rings. The first kappa shape index (κ1) is 19.9. The van der Waals surface area contributed by atoms with Crippen molar-refractivity contribution in [1.82, 2.24) is 14.5 Å². The van der Waals surface area contributed by atoms with Crippen LogP contribution < -0.4 is 10.3 Å². The number of ether oxygens (including phenoxy) is 2. The van der Waals surface area contributed by atoms with E-state index in [-0.39, 0.29) is 11.7 Å². The minimum atomic E-state index is -0.0585. The van der Waals surface area contributed by atoms with Crippen molar-refractivity contribution in [3.63, 3.8) is 0 Å². The number of benzene rings is 1. The van der Waals surface area contributed by atoms with Crippen molar-refractivity contribution in [2.45, 2.75) is 44.5 Å². The molecule has 1 aromatic carbocycles. The number of hydrogen-bond donors (Lipinski definition) is 0. The van der Waals surface area contributed by atoms with Crippen molar-refractivity contribution in [2.24, 2.45) is 0 Å². The monoisotopic (exact) mass is 411 g/mol. The normalized spacial score (nSPS) is 16.4. The van der Waals surface area contributed by atoms with Gasteiger partial charge >= 0.3 is 0 Å². The highest BCUT2D eigenvalue weighted by molar-refractivity contribution is 7.99. The number of hydrogen-bond acceptors (Lipinski definition) is 6. The van der Waals surface area contributed by atoms with Crippen LogP contribution in [-0.4, -0.2) is 39.6 Å². The lowest BCUT2D eigenvalue weighted by Gasteiger charge is -2.16. The van der Waals surface area contributed by atoms with Gasteiger partial charge in [-0.2, -0.15) is 0 Å². The molecule has 2 aromatic heterocycles. The molecule has 6 nitrogen and oxygen atoms in total. The first-order valence-corrected chi connectivity index (χ1v) is 10.9. The predicted octanol–water partition coefficient (Wildman–Crippen LogP) is 3.76. The van der Waals surface area contributed by atoms with Crippen LogP contribution in [0.3, 0.4) is 0 Å². The second kappa shape index (κ2) is 8.97. The first-order chi connectivity index (χ1) is 14.1. The van der Waals surface area contributed by atoms with E-state index < -0.39 is 0 Å². The number of aryl methyl sites for hydroxylation is 2. The van der Waals surface area contributed by atoms with Crippen LogP contribution in [0.5, 0.6) is 5.75 Å². The van der Waals surface area contributed by atoms with Gasteiger partial charge in [0.1, 0.15) is 5.75 Å². The number of fused-ring (bicyclic) bond motifs is 1. The molecule has 152 valence electrons. The Balaban J connectivity index is 1.53. The number of nitrogens with zero attached hydrogens (tertiary/aromatic N) is 3. The summed E-state index contributed by atoms with van der Waals surface area (Å²) in [5.74, 6) is 1.61. The zero-order chi connectivity index (χ0) is 20.2. The Morgan fingerprint density at radius 1 is 1.24 bits per heavy atom. The fourth-order valence-corrected chi connectivity index (χ4v) is 4.42. The van der Waals surface area contributed by atoms with E-state index >= 15 is 0 Å². The number of rotatable bonds is 7. The highest BCUT2D eigenvalue weighted by Crippen LogP contribution is 2.24. The fraction of sp³-hybridized carbons (Fsp3) is 0.409. The first-order valence-electron chi connectivity index (χ1n) is 9.92. The lowest BCUT2D eigenvalue weighted by atomic mass is 10.1. The second-order valence-corrected chi connectivity index (χ2v) is 8.30. The van der Waals surface area contributed by atoms with E-state index in [1.165, 1.54) is 11.8 Å². The molecule has 0 spiro atoms. The van der Waals surface area contributed by atoms with Crippen LogP contribution in [0.2, 0.25) is 0 Å². The molecule has 0 amide bonds. The third-order valence-electron chi connectivity index (χ3n) is 5.07. The molecule has 1 aliphatic heterocycles. The van der Waals surface area contributed by atoms with E-state index in [1.54, 1.807) is 22.9 Å². The molecule has 7 heteroatoms. The van der Waals surface area contributed by atoms with Crippen LogP contribution in [-0.2, 0) is 11.3 Å². The maximum absolute atomic E-state index is 13.1. The molecule has 1 atom stereocenters. The third-order valence-corrected chi connectivity index (χ3v) is 6.02. The summed E-state index contributed by atoms with van der Waals surface area (Å²) >= 11 is 1.52. The van der Waals surface area contributed by atoms with E-state index in [0.717, 1.165) is 36.3 Å². The Bertz CT molecular complexity index is 1040. The molecule has 0 aliphatic carbocycles. The Kier molecular flexibility index (Phi) is 6.16. The number of para-hydroxylation sites is 1. The van der Waals surface area contributed by atoms with Crippen molar-refractivity contribution in [2.75, 3.05) is 19.0 Å². The maximum atomic E-state index is 13.1. The summed E-state index contributed by atoms with van der Waals surface area (Å²) in [5.41, 5.74) is 2.67. The molecule has 0 N–H and O–H groups in total. The van der Waals surface area contributed by atoms with E-state index in [4.69, 9.17) is 9.47 Å². The van der Waals surface area contributed by atoms with Gasteiger partial charge in [0.25, 0.3) is 5.56 Å². The topological polar surface area (TPSA) is 66.2 Å². The van der Waals surface area contributed by atoms with E-state index in [2.05, 4.69) is 9.97 Å². The fourth-order valence-electron chi connectivity index (χ4n) is 3.60. The molecular weight excluding hydrogens is 386 g/mol. The lowest BCUT2D eigenvalue weighted by molar-refractivity contribution is 0.0937. The van der Waals surface area contributed by atoms with Gasteiger partial charge in [0, 0.05) is 18.6 Å². The van der Waals surface area contributed by atoms with Gasteiger partial charge in [0.15, 0.2) is 10.8 Å². The molecule has 1 saturated heterocycles. The molecule has 29 heavy (non-hydrogen) atoms. The van der Waals surface area contributed by atoms with Crippen LogP contribution in [0.4, 0.5) is 0 Å². The standard InChI is InChI=1S/C22H25N3O3S/c1-15-6-3-7-16(2)19(15)28-12-13-29-22-24-20-18(9-4-10-23-20)21(26)25(22)14-17-8-5-11-27-17/h3-4,6-7,9-10,17H,5,8,11-14H2,1-2H3. The Morgan fingerprint density at radius 3 is 2.83 bits per heavy atom. The summed E-state index contributed by atoms with van der Waals surface area (Å²) in [6.45, 7) is 5.91. The van der Waals surface area contributed by atoms with Gasteiger partial charge in [0.05, 0.1) is 24.6 Å². The van der Waals surface area contributed by atoms with Gasteiger partial charge in [-0.05, 0) is 49.9 Å². The van der Waals surface area contributed by atoms with Crippen molar-refractivity contribution in [1.29, 1.82) is 0 Å². The van der Waals surface area contributed by atoms with Crippen molar-refractivity contribution < 1.29 is 9.47 Å². The van der Waals surface area contributed by atoms with E-state index in [9.17, 15) is 4.79 Å². The maximum Gasteiger partial charge on any atom is 0.263 e. The molecule has 0 radical (unpaired) electrons. The smallest absolute Gasteiger partial charge is 0.263 e. The van der Waals surface area contributed by atoms with Crippen molar-refractivity contribution >= 4 is 22.8 Å². The van der Waals surface area contributed by atoms with Gasteiger partial charge < -0.3 is 9.47 Å². The molecule has 1 unspecified atom stereocenters. The zero-order valence-electron chi connectivity index (χ0n) is 16.8. The predicted molar refractivity (Wildman–Crippen MR) is 115 cm³/mol. The summed E-state index contributed by atoms with van der Waals surface area (Å²) in [6, 6.07) is 9.67. The number of aromatic nitrogens is 3. The van der Waals surface area contributed by atoms with Crippen molar-refractivity contribution in [3.05, 3.63) is 58.0 Å². The van der Waals surface area contributed by atoms with Crippen LogP contribution in [0.1, 0.15) is 24.0 Å². The number of pyridine rings is 1. The molecule has 0 saturated carbocycles. The molecular formula is C22H25N3O3S. The highest BCUT2D eigenvalue weighted by Gasteiger charge is 2.20.